The zero-order chi connectivity index (χ0) is 8.36. The Kier molecular flexibility index (Phi) is 2.54. The summed E-state index contributed by atoms with van der Waals surface area (Å²) < 4.78 is 4.17. The van der Waals surface area contributed by atoms with Crippen LogP contribution in [0.1, 0.15) is 13.8 Å². The van der Waals surface area contributed by atoms with Gasteiger partial charge in [0.15, 0.2) is 5.78 Å². The lowest BCUT2D eigenvalue weighted by atomic mass is 10.0. The minimum atomic E-state index is -1.99. The molecule has 0 amide bonds. The van der Waals surface area contributed by atoms with Crippen LogP contribution in [0.5, 0.6) is 0 Å². The Morgan fingerprint density at radius 2 is 1.90 bits per heavy atom. The van der Waals surface area contributed by atoms with Crippen molar-refractivity contribution in [2.75, 3.05) is 7.11 Å². The van der Waals surface area contributed by atoms with E-state index in [9.17, 15) is 9.59 Å². The Labute approximate surface area is 58.8 Å². The summed E-state index contributed by atoms with van der Waals surface area (Å²) in [6, 6.07) is 0. The largest absolute Gasteiger partial charge is 0.467 e. The van der Waals surface area contributed by atoms with Crippen molar-refractivity contribution in [2.45, 2.75) is 19.4 Å². The molecule has 0 aliphatic heterocycles. The summed E-state index contributed by atoms with van der Waals surface area (Å²) in [6.07, 6.45) is 0. The third-order valence-electron chi connectivity index (χ3n) is 1.27. The number of carbonyl (C=O) groups excluding carboxylic acids is 2. The molecule has 0 saturated heterocycles. The van der Waals surface area contributed by atoms with Crippen LogP contribution in [0.3, 0.4) is 0 Å². The van der Waals surface area contributed by atoms with E-state index in [1.807, 2.05) is 0 Å². The average Bonchev–Trinajstić information content (AvgIpc) is 1.86. The molecule has 4 heteroatoms. The number of rotatable bonds is 2. The molecule has 10 heavy (non-hydrogen) atoms. The Balaban J connectivity index is 4.40. The van der Waals surface area contributed by atoms with Crippen molar-refractivity contribution in [3.8, 4) is 0 Å². The Hall–Kier alpha value is -0.900. The van der Waals surface area contributed by atoms with Gasteiger partial charge in [-0.1, -0.05) is 0 Å². The van der Waals surface area contributed by atoms with Gasteiger partial charge < -0.3 is 9.84 Å². The first kappa shape index (κ1) is 9.10. The summed E-state index contributed by atoms with van der Waals surface area (Å²) in [5.74, 6) is -1.56. The summed E-state index contributed by atoms with van der Waals surface area (Å²) in [5, 5.41) is 9.04. The highest BCUT2D eigenvalue weighted by molar-refractivity contribution is 6.05. The molecule has 1 N–H and O–H groups in total. The van der Waals surface area contributed by atoms with Crippen LogP contribution in [-0.2, 0) is 14.3 Å². The summed E-state index contributed by atoms with van der Waals surface area (Å²) in [7, 11) is 1.11. The standard InChI is InChI=1S/C6H10O4/c1-4(7)6(2,9)5(8)10-3/h9H,1-3H3. The molecule has 0 radical (unpaired) electrons. The number of carbonyl (C=O) groups is 2. The van der Waals surface area contributed by atoms with Gasteiger partial charge in [0.25, 0.3) is 0 Å². The average molecular weight is 146 g/mol. The van der Waals surface area contributed by atoms with E-state index in [1.165, 1.54) is 0 Å². The highest BCUT2D eigenvalue weighted by Gasteiger charge is 2.36. The van der Waals surface area contributed by atoms with Crippen LogP contribution in [0, 0.1) is 0 Å². The maximum absolute atomic E-state index is 10.6. The van der Waals surface area contributed by atoms with E-state index in [0.717, 1.165) is 21.0 Å². The van der Waals surface area contributed by atoms with Crippen LogP contribution in [0.15, 0.2) is 0 Å². The molecule has 4 nitrogen and oxygen atoms in total. The molecule has 1 unspecified atom stereocenters. The SMILES string of the molecule is COC(=O)C(C)(O)C(C)=O. The monoisotopic (exact) mass is 146 g/mol. The second kappa shape index (κ2) is 2.79. The molecule has 0 aromatic carbocycles. The van der Waals surface area contributed by atoms with Gasteiger partial charge in [0.2, 0.25) is 5.60 Å². The Bertz CT molecular complexity index is 159. The summed E-state index contributed by atoms with van der Waals surface area (Å²) in [6.45, 7) is 2.22. The molecule has 1 atom stereocenters. The van der Waals surface area contributed by atoms with Crippen LogP contribution >= 0.6 is 0 Å². The van der Waals surface area contributed by atoms with E-state index in [4.69, 9.17) is 5.11 Å². The van der Waals surface area contributed by atoms with Crippen molar-refractivity contribution in [3.63, 3.8) is 0 Å². The molecule has 0 aromatic heterocycles. The second-order valence-corrected chi connectivity index (χ2v) is 2.12. The molecule has 0 aliphatic carbocycles. The van der Waals surface area contributed by atoms with Crippen LogP contribution in [-0.4, -0.2) is 29.6 Å². The van der Waals surface area contributed by atoms with Crippen LogP contribution < -0.4 is 0 Å². The van der Waals surface area contributed by atoms with Gasteiger partial charge in [-0.2, -0.15) is 0 Å². The van der Waals surface area contributed by atoms with Gasteiger partial charge in [0.1, 0.15) is 0 Å². The fourth-order valence-electron chi connectivity index (χ4n) is 0.342. The molecule has 0 rings (SSSR count). The third kappa shape index (κ3) is 1.54. The fourth-order valence-corrected chi connectivity index (χ4v) is 0.342. The number of ketones is 1. The van der Waals surface area contributed by atoms with Crippen LogP contribution in [0.4, 0.5) is 0 Å². The van der Waals surface area contributed by atoms with Crippen LogP contribution in [0.2, 0.25) is 0 Å². The number of methoxy groups -OCH3 is 1. The number of esters is 1. The van der Waals surface area contributed by atoms with Gasteiger partial charge in [-0.3, -0.25) is 4.79 Å². The van der Waals surface area contributed by atoms with E-state index in [0.29, 0.717) is 0 Å². The number of hydrogen-bond acceptors (Lipinski definition) is 4. The van der Waals surface area contributed by atoms with Crippen molar-refractivity contribution in [1.29, 1.82) is 0 Å². The zero-order valence-electron chi connectivity index (χ0n) is 6.17. The first-order chi connectivity index (χ1) is 4.42. The predicted octanol–water partition coefficient (Wildman–Crippen LogP) is -0.501. The van der Waals surface area contributed by atoms with Crippen molar-refractivity contribution < 1.29 is 19.4 Å². The van der Waals surface area contributed by atoms with Crippen molar-refractivity contribution in [1.82, 2.24) is 0 Å². The molecular formula is C6H10O4. The van der Waals surface area contributed by atoms with Gasteiger partial charge >= 0.3 is 5.97 Å². The van der Waals surface area contributed by atoms with E-state index < -0.39 is 17.4 Å². The lowest BCUT2D eigenvalue weighted by molar-refractivity contribution is -0.165. The van der Waals surface area contributed by atoms with E-state index in [2.05, 4.69) is 4.74 Å². The molecule has 0 aliphatic rings. The lowest BCUT2D eigenvalue weighted by Gasteiger charge is -2.15. The maximum Gasteiger partial charge on any atom is 0.345 e. The number of Topliss-reactive ketones (excluding diaryl/α,β-unsaturated/α-hetero) is 1. The van der Waals surface area contributed by atoms with Crippen molar-refractivity contribution in [3.05, 3.63) is 0 Å². The summed E-state index contributed by atoms with van der Waals surface area (Å²) >= 11 is 0. The van der Waals surface area contributed by atoms with E-state index >= 15 is 0 Å². The number of ether oxygens (including phenoxy) is 1. The third-order valence-corrected chi connectivity index (χ3v) is 1.27. The Morgan fingerprint density at radius 3 is 2.00 bits per heavy atom. The first-order valence-electron chi connectivity index (χ1n) is 2.74. The Morgan fingerprint density at radius 1 is 1.50 bits per heavy atom. The molecule has 0 aromatic rings. The highest BCUT2D eigenvalue weighted by atomic mass is 16.5. The van der Waals surface area contributed by atoms with Gasteiger partial charge in [-0.15, -0.1) is 0 Å². The topological polar surface area (TPSA) is 63.6 Å². The predicted molar refractivity (Wildman–Crippen MR) is 33.3 cm³/mol. The fraction of sp³-hybridized carbons (Fsp3) is 0.667. The number of hydrogen-bond donors (Lipinski definition) is 1. The molecule has 0 heterocycles. The van der Waals surface area contributed by atoms with Gasteiger partial charge in [0.05, 0.1) is 7.11 Å². The molecule has 0 saturated carbocycles. The van der Waals surface area contributed by atoms with Crippen molar-refractivity contribution >= 4 is 11.8 Å². The van der Waals surface area contributed by atoms with E-state index in [-0.39, 0.29) is 0 Å². The molecule has 58 valence electrons. The van der Waals surface area contributed by atoms with E-state index in [1.54, 1.807) is 0 Å². The normalized spacial score (nSPS) is 15.6. The minimum Gasteiger partial charge on any atom is -0.467 e. The summed E-state index contributed by atoms with van der Waals surface area (Å²) in [4.78, 5) is 21.1. The van der Waals surface area contributed by atoms with Crippen molar-refractivity contribution in [2.24, 2.45) is 0 Å². The molecule has 0 spiro atoms. The molecular weight excluding hydrogens is 136 g/mol. The minimum absolute atomic E-state index is 0.626. The van der Waals surface area contributed by atoms with Gasteiger partial charge in [0, 0.05) is 0 Å². The quantitative estimate of drug-likeness (QED) is 0.421. The second-order valence-electron chi connectivity index (χ2n) is 2.12. The molecule has 0 bridgehead atoms. The van der Waals surface area contributed by atoms with Gasteiger partial charge in [-0.25, -0.2) is 4.79 Å². The van der Waals surface area contributed by atoms with Crippen LogP contribution in [0.25, 0.3) is 0 Å². The zero-order valence-corrected chi connectivity index (χ0v) is 6.17. The summed E-state index contributed by atoms with van der Waals surface area (Å²) in [5.41, 5.74) is -1.99. The molecule has 0 fully saturated rings. The maximum atomic E-state index is 10.6. The van der Waals surface area contributed by atoms with Gasteiger partial charge in [-0.05, 0) is 13.8 Å². The lowest BCUT2D eigenvalue weighted by Crippen LogP contribution is -2.42. The smallest absolute Gasteiger partial charge is 0.345 e. The number of aliphatic hydroxyl groups is 1. The highest BCUT2D eigenvalue weighted by Crippen LogP contribution is 2.05. The first-order valence-corrected chi connectivity index (χ1v) is 2.74.